The van der Waals surface area contributed by atoms with Crippen LogP contribution in [0, 0.1) is 0 Å². The van der Waals surface area contributed by atoms with Crippen LogP contribution in [0.5, 0.6) is 11.5 Å². The summed E-state index contributed by atoms with van der Waals surface area (Å²) in [6.07, 6.45) is -4.54. The number of aliphatic hydroxyl groups excluding tert-OH is 1. The van der Waals surface area contributed by atoms with Crippen LogP contribution in [0.4, 0.5) is 24.7 Å². The first kappa shape index (κ1) is 23.5. The highest BCUT2D eigenvalue weighted by Gasteiger charge is 2.47. The first-order valence-corrected chi connectivity index (χ1v) is 10.3. The van der Waals surface area contributed by atoms with E-state index in [1.54, 1.807) is 12.1 Å². The summed E-state index contributed by atoms with van der Waals surface area (Å²) in [7, 11) is 2.84. The number of aliphatic hydroxyl groups is 1. The van der Waals surface area contributed by atoms with E-state index >= 15 is 0 Å². The van der Waals surface area contributed by atoms with Gasteiger partial charge in [0.15, 0.2) is 23.2 Å². The molecular weight excluding hydrogens is 457 g/mol. The molecule has 3 atom stereocenters. The van der Waals surface area contributed by atoms with Gasteiger partial charge in [0.05, 0.1) is 38.3 Å². The zero-order chi connectivity index (χ0) is 24.6. The summed E-state index contributed by atoms with van der Waals surface area (Å²) in [4.78, 5) is 13.0. The second-order valence-corrected chi connectivity index (χ2v) is 7.79. The van der Waals surface area contributed by atoms with E-state index in [1.165, 1.54) is 45.6 Å². The van der Waals surface area contributed by atoms with Crippen LogP contribution in [0.15, 0.2) is 41.0 Å². The Hall–Kier alpha value is -3.67. The Morgan fingerprint density at radius 2 is 2.00 bits per heavy atom. The second kappa shape index (κ2) is 8.93. The minimum Gasteiger partial charge on any atom is -0.493 e. The number of benzene rings is 1. The summed E-state index contributed by atoms with van der Waals surface area (Å²) in [5.41, 5.74) is 0.305. The van der Waals surface area contributed by atoms with E-state index in [0.29, 0.717) is 22.8 Å². The number of hydrogen-bond acceptors (Lipinski definition) is 7. The van der Waals surface area contributed by atoms with Gasteiger partial charge in [-0.15, -0.1) is 0 Å². The Balaban J connectivity index is 1.67. The van der Waals surface area contributed by atoms with E-state index in [9.17, 15) is 23.1 Å². The highest BCUT2D eigenvalue weighted by atomic mass is 19.4. The van der Waals surface area contributed by atoms with E-state index < -0.39 is 30.3 Å². The third-order valence-electron chi connectivity index (χ3n) is 5.56. The largest absolute Gasteiger partial charge is 0.493 e. The lowest BCUT2D eigenvalue weighted by Crippen LogP contribution is -2.35. The second-order valence-electron chi connectivity index (χ2n) is 7.79. The molecule has 1 aliphatic rings. The third kappa shape index (κ3) is 4.40. The van der Waals surface area contributed by atoms with Crippen LogP contribution in [0.3, 0.4) is 0 Å². The zero-order valence-corrected chi connectivity index (χ0v) is 18.5. The Morgan fingerprint density at radius 3 is 2.59 bits per heavy atom. The Labute approximate surface area is 192 Å². The summed E-state index contributed by atoms with van der Waals surface area (Å²) in [5, 5.41) is 19.6. The number of nitrogens with one attached hydrogen (secondary N) is 2. The number of furan rings is 1. The molecule has 0 unspecified atom stereocenters. The number of rotatable bonds is 6. The smallest absolute Gasteiger partial charge is 0.410 e. The van der Waals surface area contributed by atoms with Gasteiger partial charge in [0.25, 0.3) is 5.91 Å². The standard InChI is InChI=1S/C22H23F3N4O5/c1-11(30)12-7-17(32-2)18(33-3)8-13(12)27-21(31)15-10-20-26-14(16-5-4-6-34-16)9-19(22(23,24)25)29(20)28-15/h4-8,10-11,14,19,26,30H,9H2,1-3H3,(H,27,31)/t11-,14+,19+/m0/s1. The number of hydrogen-bond donors (Lipinski definition) is 3. The van der Waals surface area contributed by atoms with Gasteiger partial charge in [-0.05, 0) is 25.1 Å². The van der Waals surface area contributed by atoms with Crippen molar-refractivity contribution in [3.8, 4) is 11.5 Å². The number of halogens is 3. The molecule has 2 aromatic heterocycles. The fraction of sp³-hybridized carbons (Fsp3) is 0.364. The number of fused-ring (bicyclic) bond motifs is 1. The van der Waals surface area contributed by atoms with Gasteiger partial charge >= 0.3 is 6.18 Å². The van der Waals surface area contributed by atoms with Crippen molar-refractivity contribution < 1.29 is 37.0 Å². The number of anilines is 2. The van der Waals surface area contributed by atoms with Gasteiger partial charge in [0.1, 0.15) is 11.6 Å². The molecule has 1 aliphatic heterocycles. The average Bonchev–Trinajstić information content (AvgIpc) is 3.47. The molecule has 3 heterocycles. The molecule has 0 spiro atoms. The summed E-state index contributed by atoms with van der Waals surface area (Å²) in [6, 6.07) is 4.69. The van der Waals surface area contributed by atoms with Crippen molar-refractivity contribution in [2.24, 2.45) is 0 Å². The first-order valence-electron chi connectivity index (χ1n) is 10.3. The highest BCUT2D eigenvalue weighted by Crippen LogP contribution is 2.44. The fourth-order valence-corrected chi connectivity index (χ4v) is 3.90. The SMILES string of the molecule is COc1cc(NC(=O)c2cc3n(n2)[C@@H](C(F)(F)F)C[C@H](c2ccco2)N3)c([C@H](C)O)cc1OC. The highest BCUT2D eigenvalue weighted by molar-refractivity contribution is 6.04. The van der Waals surface area contributed by atoms with Crippen molar-refractivity contribution in [1.29, 1.82) is 0 Å². The maximum Gasteiger partial charge on any atom is 0.410 e. The van der Waals surface area contributed by atoms with Gasteiger partial charge in [-0.25, -0.2) is 4.68 Å². The number of amides is 1. The van der Waals surface area contributed by atoms with E-state index in [4.69, 9.17) is 13.9 Å². The van der Waals surface area contributed by atoms with Gasteiger partial charge < -0.3 is 29.6 Å². The lowest BCUT2D eigenvalue weighted by Gasteiger charge is -2.32. The predicted octanol–water partition coefficient (Wildman–Crippen LogP) is 4.46. The van der Waals surface area contributed by atoms with Gasteiger partial charge in [-0.3, -0.25) is 4.79 Å². The molecule has 0 radical (unpaired) electrons. The molecule has 182 valence electrons. The lowest BCUT2D eigenvalue weighted by molar-refractivity contribution is -0.174. The average molecular weight is 480 g/mol. The van der Waals surface area contributed by atoms with Crippen LogP contribution >= 0.6 is 0 Å². The van der Waals surface area contributed by atoms with Crippen LogP contribution < -0.4 is 20.1 Å². The molecule has 1 aromatic carbocycles. The fourth-order valence-electron chi connectivity index (χ4n) is 3.90. The van der Waals surface area contributed by atoms with Crippen LogP contribution in [-0.4, -0.2) is 41.2 Å². The third-order valence-corrected chi connectivity index (χ3v) is 5.56. The van der Waals surface area contributed by atoms with Crippen molar-refractivity contribution in [3.63, 3.8) is 0 Å². The Kier molecular flexibility index (Phi) is 6.17. The first-order chi connectivity index (χ1) is 16.1. The lowest BCUT2D eigenvalue weighted by atomic mass is 10.0. The minimum absolute atomic E-state index is 0.0307. The van der Waals surface area contributed by atoms with Crippen LogP contribution in [0.1, 0.15) is 53.3 Å². The monoisotopic (exact) mass is 480 g/mol. The van der Waals surface area contributed by atoms with Crippen LogP contribution in [0.25, 0.3) is 0 Å². The van der Waals surface area contributed by atoms with Crippen molar-refractivity contribution >= 4 is 17.4 Å². The molecule has 0 bridgehead atoms. The molecular formula is C22H23F3N4O5. The van der Waals surface area contributed by atoms with Gasteiger partial charge in [0.2, 0.25) is 0 Å². The number of aromatic nitrogens is 2. The van der Waals surface area contributed by atoms with Crippen LogP contribution in [-0.2, 0) is 0 Å². The molecule has 3 aromatic rings. The molecule has 0 saturated carbocycles. The topological polar surface area (TPSA) is 111 Å². The normalized spacial score (nSPS) is 18.6. The number of methoxy groups -OCH3 is 2. The maximum atomic E-state index is 13.8. The summed E-state index contributed by atoms with van der Waals surface area (Å²) < 4.78 is 57.9. The number of carbonyl (C=O) groups is 1. The number of alkyl halides is 3. The molecule has 9 nitrogen and oxygen atoms in total. The van der Waals surface area contributed by atoms with Crippen molar-refractivity contribution in [3.05, 3.63) is 53.6 Å². The number of carbonyl (C=O) groups excluding carboxylic acids is 1. The predicted molar refractivity (Wildman–Crippen MR) is 115 cm³/mol. The maximum absolute atomic E-state index is 13.8. The summed E-state index contributed by atoms with van der Waals surface area (Å²) >= 11 is 0. The van der Waals surface area contributed by atoms with Gasteiger partial charge in [-0.1, -0.05) is 0 Å². The molecule has 3 N–H and O–H groups in total. The Bertz CT molecular complexity index is 1170. The number of nitrogens with zero attached hydrogens (tertiary/aromatic N) is 2. The molecule has 4 rings (SSSR count). The van der Waals surface area contributed by atoms with E-state index in [0.717, 1.165) is 4.68 Å². The van der Waals surface area contributed by atoms with Crippen molar-refractivity contribution in [2.45, 2.75) is 37.7 Å². The zero-order valence-electron chi connectivity index (χ0n) is 18.5. The Morgan fingerprint density at radius 1 is 1.29 bits per heavy atom. The van der Waals surface area contributed by atoms with Crippen molar-refractivity contribution in [1.82, 2.24) is 9.78 Å². The molecule has 34 heavy (non-hydrogen) atoms. The van der Waals surface area contributed by atoms with Gasteiger partial charge in [0, 0.05) is 24.1 Å². The molecule has 0 aliphatic carbocycles. The van der Waals surface area contributed by atoms with E-state index in [2.05, 4.69) is 15.7 Å². The minimum atomic E-state index is -4.59. The van der Waals surface area contributed by atoms with E-state index in [1.807, 2.05) is 0 Å². The quantitative estimate of drug-likeness (QED) is 0.478. The molecule has 0 fully saturated rings. The summed E-state index contributed by atoms with van der Waals surface area (Å²) in [5.74, 6) is 0.262. The van der Waals surface area contributed by atoms with Gasteiger partial charge in [-0.2, -0.15) is 18.3 Å². The molecule has 0 saturated heterocycles. The van der Waals surface area contributed by atoms with Crippen LogP contribution in [0.2, 0.25) is 0 Å². The molecule has 12 heteroatoms. The van der Waals surface area contributed by atoms with Crippen molar-refractivity contribution in [2.75, 3.05) is 24.9 Å². The number of ether oxygens (including phenoxy) is 2. The molecule has 1 amide bonds. The summed E-state index contributed by atoms with van der Waals surface area (Å²) in [6.45, 7) is 1.50. The van der Waals surface area contributed by atoms with E-state index in [-0.39, 0.29) is 23.6 Å².